The van der Waals surface area contributed by atoms with Crippen LogP contribution >= 0.6 is 21.6 Å². The molecule has 0 radical (unpaired) electrons. The first kappa shape index (κ1) is 16.6. The summed E-state index contributed by atoms with van der Waals surface area (Å²) in [7, 11) is 2.99. The van der Waals surface area contributed by atoms with Gasteiger partial charge in [-0.3, -0.25) is 0 Å². The molecule has 0 aliphatic carbocycles. The summed E-state index contributed by atoms with van der Waals surface area (Å²) >= 11 is 0. The fraction of sp³-hybridized carbons (Fsp3) is 0.118. The molecule has 3 rings (SSSR count). The first-order chi connectivity index (χ1) is 11.8. The minimum absolute atomic E-state index is 0.269. The van der Waals surface area contributed by atoms with Gasteiger partial charge < -0.3 is 5.32 Å². The third-order valence-electron chi connectivity index (χ3n) is 3.17. The Morgan fingerprint density at radius 2 is 1.71 bits per heavy atom. The molecule has 7 heteroatoms. The van der Waals surface area contributed by atoms with Crippen LogP contribution in [-0.4, -0.2) is 27.3 Å². The Morgan fingerprint density at radius 3 is 2.46 bits per heavy atom. The number of carbonyl (C=O) groups is 1. The van der Waals surface area contributed by atoms with Gasteiger partial charge in [0.2, 0.25) is 5.16 Å². The molecule has 24 heavy (non-hydrogen) atoms. The summed E-state index contributed by atoms with van der Waals surface area (Å²) in [5.74, 6) is 0. The number of carbonyl (C=O) groups excluding carboxylic acids is 1. The van der Waals surface area contributed by atoms with Gasteiger partial charge in [-0.15, -0.1) is 5.10 Å². The van der Waals surface area contributed by atoms with Crippen molar-refractivity contribution in [2.24, 2.45) is 0 Å². The summed E-state index contributed by atoms with van der Waals surface area (Å²) in [5.41, 5.74) is 1.19. The summed E-state index contributed by atoms with van der Waals surface area (Å²) in [6.45, 7) is 0.559. The average molecular weight is 356 g/mol. The number of nitrogens with zero attached hydrogens (tertiary/aromatic N) is 3. The molecule has 0 unspecified atom stereocenters. The van der Waals surface area contributed by atoms with E-state index in [1.165, 1.54) is 27.4 Å². The monoisotopic (exact) mass is 356 g/mol. The summed E-state index contributed by atoms with van der Waals surface area (Å²) in [5, 5.41) is 7.58. The number of nitrogens with one attached hydrogen (secondary N) is 1. The molecule has 1 heterocycles. The van der Waals surface area contributed by atoms with Gasteiger partial charge in [-0.1, -0.05) is 48.5 Å². The molecule has 0 spiro atoms. The zero-order chi connectivity index (χ0) is 16.6. The molecule has 122 valence electrons. The van der Waals surface area contributed by atoms with E-state index in [9.17, 15) is 4.79 Å². The predicted molar refractivity (Wildman–Crippen MR) is 97.1 cm³/mol. The first-order valence-corrected chi connectivity index (χ1v) is 9.59. The predicted octanol–water partition coefficient (Wildman–Crippen LogP) is 3.88. The maximum atomic E-state index is 12.1. The molecule has 0 saturated carbocycles. The van der Waals surface area contributed by atoms with Crippen molar-refractivity contribution in [1.29, 1.82) is 0 Å². The normalized spacial score (nSPS) is 10.5. The van der Waals surface area contributed by atoms with E-state index in [1.54, 1.807) is 10.8 Å². The Kier molecular flexibility index (Phi) is 5.92. The van der Waals surface area contributed by atoms with Crippen LogP contribution in [0, 0.1) is 0 Å². The molecule has 1 aromatic heterocycles. The summed E-state index contributed by atoms with van der Waals surface area (Å²) < 4.78 is 1.23. The van der Waals surface area contributed by atoms with E-state index >= 15 is 0 Å². The van der Waals surface area contributed by atoms with Gasteiger partial charge in [0.05, 0.1) is 0 Å². The fourth-order valence-electron chi connectivity index (χ4n) is 1.98. The van der Waals surface area contributed by atoms with Crippen molar-refractivity contribution < 1.29 is 4.79 Å². The van der Waals surface area contributed by atoms with Crippen LogP contribution < -0.4 is 5.32 Å². The second-order valence-electron chi connectivity index (χ2n) is 4.92. The van der Waals surface area contributed by atoms with E-state index in [2.05, 4.69) is 15.4 Å². The van der Waals surface area contributed by atoms with E-state index < -0.39 is 0 Å². The van der Waals surface area contributed by atoms with Crippen molar-refractivity contribution in [3.05, 3.63) is 72.6 Å². The average Bonchev–Trinajstić information content (AvgIpc) is 3.11. The zero-order valence-corrected chi connectivity index (χ0v) is 14.5. The van der Waals surface area contributed by atoms with Crippen molar-refractivity contribution in [3.8, 4) is 0 Å². The van der Waals surface area contributed by atoms with Gasteiger partial charge in [-0.05, 0) is 45.7 Å². The summed E-state index contributed by atoms with van der Waals surface area (Å²) in [4.78, 5) is 17.3. The lowest BCUT2D eigenvalue weighted by Gasteiger charge is -2.04. The summed E-state index contributed by atoms with van der Waals surface area (Å²) in [6, 6.07) is 19.7. The molecule has 0 bridgehead atoms. The molecule has 1 N–H and O–H groups in total. The Labute approximate surface area is 148 Å². The molecule has 2 aromatic carbocycles. The van der Waals surface area contributed by atoms with Crippen molar-refractivity contribution in [1.82, 2.24) is 20.1 Å². The molecular weight excluding hydrogens is 340 g/mol. The van der Waals surface area contributed by atoms with Crippen LogP contribution in [0.25, 0.3) is 0 Å². The topological polar surface area (TPSA) is 59.8 Å². The quantitative estimate of drug-likeness (QED) is 0.679. The lowest BCUT2D eigenvalue weighted by molar-refractivity contribution is 0.239. The van der Waals surface area contributed by atoms with Gasteiger partial charge in [0.1, 0.15) is 6.33 Å². The number of aromatic nitrogens is 3. The Bertz CT molecular complexity index is 778. The SMILES string of the molecule is O=C(NCCc1ccccc1)n1cnc(SSc2ccccc2)n1. The zero-order valence-electron chi connectivity index (χ0n) is 12.8. The lowest BCUT2D eigenvalue weighted by atomic mass is 10.1. The highest BCUT2D eigenvalue weighted by Crippen LogP contribution is 2.34. The van der Waals surface area contributed by atoms with Crippen molar-refractivity contribution in [2.45, 2.75) is 16.5 Å². The van der Waals surface area contributed by atoms with Crippen LogP contribution in [-0.2, 0) is 6.42 Å². The maximum Gasteiger partial charge on any atom is 0.343 e. The van der Waals surface area contributed by atoms with E-state index in [0.717, 1.165) is 11.3 Å². The molecule has 0 saturated heterocycles. The highest BCUT2D eigenvalue weighted by atomic mass is 33.1. The van der Waals surface area contributed by atoms with Crippen LogP contribution in [0.2, 0.25) is 0 Å². The highest BCUT2D eigenvalue weighted by Gasteiger charge is 2.09. The number of hydrogen-bond donors (Lipinski definition) is 1. The van der Waals surface area contributed by atoms with Gasteiger partial charge in [0.15, 0.2) is 0 Å². The van der Waals surface area contributed by atoms with Crippen LogP contribution in [0.15, 0.2) is 77.0 Å². The number of amides is 1. The number of hydrogen-bond acceptors (Lipinski definition) is 5. The largest absolute Gasteiger partial charge is 0.343 e. The van der Waals surface area contributed by atoms with E-state index in [0.29, 0.717) is 11.7 Å². The van der Waals surface area contributed by atoms with Crippen LogP contribution in [0.4, 0.5) is 4.79 Å². The van der Waals surface area contributed by atoms with Crippen LogP contribution in [0.3, 0.4) is 0 Å². The molecular formula is C17H16N4OS2. The van der Waals surface area contributed by atoms with E-state index in [4.69, 9.17) is 0 Å². The first-order valence-electron chi connectivity index (χ1n) is 7.44. The van der Waals surface area contributed by atoms with Crippen LogP contribution in [0.5, 0.6) is 0 Å². The Balaban J connectivity index is 1.46. The Hall–Kier alpha value is -2.25. The Morgan fingerprint density at radius 1 is 1.00 bits per heavy atom. The smallest absolute Gasteiger partial charge is 0.336 e. The molecule has 5 nitrogen and oxygen atoms in total. The van der Waals surface area contributed by atoms with Gasteiger partial charge in [-0.2, -0.15) is 4.68 Å². The molecule has 0 aliphatic heterocycles. The summed E-state index contributed by atoms with van der Waals surface area (Å²) in [6.07, 6.45) is 2.22. The molecule has 3 aromatic rings. The minimum atomic E-state index is -0.269. The van der Waals surface area contributed by atoms with E-state index in [-0.39, 0.29) is 6.03 Å². The molecule has 1 amide bonds. The minimum Gasteiger partial charge on any atom is -0.336 e. The van der Waals surface area contributed by atoms with Crippen molar-refractivity contribution in [3.63, 3.8) is 0 Å². The highest BCUT2D eigenvalue weighted by molar-refractivity contribution is 8.76. The lowest BCUT2D eigenvalue weighted by Crippen LogP contribution is -2.30. The molecule has 0 aliphatic rings. The second kappa shape index (κ2) is 8.56. The fourth-order valence-corrected chi connectivity index (χ4v) is 3.71. The van der Waals surface area contributed by atoms with Gasteiger partial charge in [0, 0.05) is 11.4 Å². The molecule has 0 fully saturated rings. The third kappa shape index (κ3) is 4.87. The molecule has 0 atom stereocenters. The van der Waals surface area contributed by atoms with Crippen molar-refractivity contribution in [2.75, 3.05) is 6.54 Å². The van der Waals surface area contributed by atoms with E-state index in [1.807, 2.05) is 60.7 Å². The number of rotatable bonds is 6. The number of benzene rings is 2. The van der Waals surface area contributed by atoms with Gasteiger partial charge in [0.25, 0.3) is 0 Å². The third-order valence-corrected chi connectivity index (χ3v) is 5.33. The standard InChI is InChI=1S/C17H16N4OS2/c22-17(18-12-11-14-7-3-1-4-8-14)21-13-19-16(20-21)24-23-15-9-5-2-6-10-15/h1-10,13H,11-12H2,(H,18,22). The van der Waals surface area contributed by atoms with Gasteiger partial charge >= 0.3 is 6.03 Å². The van der Waals surface area contributed by atoms with Gasteiger partial charge in [-0.25, -0.2) is 9.78 Å². The maximum absolute atomic E-state index is 12.1. The van der Waals surface area contributed by atoms with Crippen molar-refractivity contribution >= 4 is 27.6 Å². The van der Waals surface area contributed by atoms with Crippen LogP contribution in [0.1, 0.15) is 5.56 Å². The second-order valence-corrected chi connectivity index (χ2v) is 7.09.